The Kier molecular flexibility index (Phi) is 5.54. The second-order valence-electron chi connectivity index (χ2n) is 4.27. The summed E-state index contributed by atoms with van der Waals surface area (Å²) in [5, 5.41) is 11.1. The number of hydrogen-bond donors (Lipinski definition) is 1. The van der Waals surface area contributed by atoms with Crippen molar-refractivity contribution in [3.05, 3.63) is 55.4 Å². The van der Waals surface area contributed by atoms with Gasteiger partial charge in [-0.05, 0) is 40.2 Å². The van der Waals surface area contributed by atoms with E-state index in [4.69, 9.17) is 21.1 Å². The van der Waals surface area contributed by atoms with Crippen LogP contribution in [0.4, 0.5) is 0 Å². The molecule has 0 radical (unpaired) electrons. The molecule has 0 heterocycles. The summed E-state index contributed by atoms with van der Waals surface area (Å²) in [4.78, 5) is 0. The molecular weight excluding hydrogens is 423 g/mol. The fraction of sp³-hybridized carbons (Fsp3) is 0.200. The van der Waals surface area contributed by atoms with Gasteiger partial charge in [0.1, 0.15) is 22.1 Å². The maximum absolute atomic E-state index is 10.6. The normalized spacial score (nSPS) is 12.1. The highest BCUT2D eigenvalue weighted by Crippen LogP contribution is 2.42. The lowest BCUT2D eigenvalue weighted by atomic mass is 10.0. The van der Waals surface area contributed by atoms with Crippen LogP contribution in [0.15, 0.2) is 39.3 Å². The van der Waals surface area contributed by atoms with Crippen LogP contribution < -0.4 is 9.47 Å². The molecule has 112 valence electrons. The summed E-state index contributed by atoms with van der Waals surface area (Å²) in [5.74, 6) is 1.14. The van der Waals surface area contributed by atoms with Gasteiger partial charge in [-0.2, -0.15) is 0 Å². The van der Waals surface area contributed by atoms with Gasteiger partial charge >= 0.3 is 0 Å². The molecule has 0 amide bonds. The van der Waals surface area contributed by atoms with Gasteiger partial charge in [0.05, 0.1) is 14.2 Å². The van der Waals surface area contributed by atoms with Crippen molar-refractivity contribution < 1.29 is 14.6 Å². The molecule has 0 saturated carbocycles. The Bertz CT molecular complexity index is 662. The third kappa shape index (κ3) is 3.37. The monoisotopic (exact) mass is 434 g/mol. The van der Waals surface area contributed by atoms with Crippen LogP contribution in [0.3, 0.4) is 0 Å². The second kappa shape index (κ2) is 7.01. The topological polar surface area (TPSA) is 38.7 Å². The summed E-state index contributed by atoms with van der Waals surface area (Å²) in [6.45, 7) is 0. The molecule has 21 heavy (non-hydrogen) atoms. The average Bonchev–Trinajstić information content (AvgIpc) is 2.46. The minimum absolute atomic E-state index is 0.478. The molecule has 0 spiro atoms. The van der Waals surface area contributed by atoms with Crippen LogP contribution >= 0.6 is 43.5 Å². The van der Waals surface area contributed by atoms with Crippen molar-refractivity contribution >= 4 is 43.5 Å². The van der Waals surface area contributed by atoms with Crippen molar-refractivity contribution in [1.82, 2.24) is 0 Å². The number of aliphatic hydroxyl groups is 1. The summed E-state index contributed by atoms with van der Waals surface area (Å²) in [7, 11) is 3.11. The lowest BCUT2D eigenvalue weighted by Gasteiger charge is -2.19. The van der Waals surface area contributed by atoms with Gasteiger partial charge in [-0.25, -0.2) is 0 Å². The van der Waals surface area contributed by atoms with Crippen LogP contribution in [-0.2, 0) is 0 Å². The predicted molar refractivity (Wildman–Crippen MR) is 90.5 cm³/mol. The van der Waals surface area contributed by atoms with E-state index in [1.165, 1.54) is 0 Å². The molecule has 2 rings (SSSR count). The third-order valence-electron chi connectivity index (χ3n) is 3.07. The van der Waals surface area contributed by atoms with Gasteiger partial charge in [0.2, 0.25) is 0 Å². The van der Waals surface area contributed by atoms with E-state index in [-0.39, 0.29) is 0 Å². The standard InChI is InChI=1S/C15H13Br2ClO3/c1-20-12-6-5-10(15(21-2)13(12)17)14(19)9-4-3-8(16)7-11(9)18/h3-7,14,19H,1-2H3. The molecule has 3 nitrogen and oxygen atoms in total. The van der Waals surface area contributed by atoms with Gasteiger partial charge in [-0.3, -0.25) is 0 Å². The number of methoxy groups -OCH3 is 2. The number of hydrogen-bond acceptors (Lipinski definition) is 3. The number of halogens is 3. The van der Waals surface area contributed by atoms with E-state index in [2.05, 4.69) is 31.9 Å². The Morgan fingerprint density at radius 2 is 1.71 bits per heavy atom. The van der Waals surface area contributed by atoms with Crippen molar-refractivity contribution in [3.63, 3.8) is 0 Å². The first-order valence-electron chi connectivity index (χ1n) is 6.03. The Morgan fingerprint density at radius 3 is 2.29 bits per heavy atom. The molecule has 0 aliphatic rings. The van der Waals surface area contributed by atoms with Crippen LogP contribution in [0.1, 0.15) is 17.2 Å². The van der Waals surface area contributed by atoms with Gasteiger partial charge in [-0.1, -0.05) is 33.6 Å². The first-order chi connectivity index (χ1) is 9.99. The van der Waals surface area contributed by atoms with E-state index in [1.807, 2.05) is 6.07 Å². The molecule has 2 aromatic carbocycles. The molecule has 0 aromatic heterocycles. The Hall–Kier alpha value is -0.750. The van der Waals surface area contributed by atoms with Crippen LogP contribution in [0.25, 0.3) is 0 Å². The highest BCUT2D eigenvalue weighted by Gasteiger charge is 2.21. The number of rotatable bonds is 4. The van der Waals surface area contributed by atoms with Crippen molar-refractivity contribution in [2.75, 3.05) is 14.2 Å². The molecule has 2 aromatic rings. The average molecular weight is 437 g/mol. The zero-order valence-corrected chi connectivity index (χ0v) is 15.3. The Balaban J connectivity index is 2.52. The summed E-state index contributed by atoms with van der Waals surface area (Å²) < 4.78 is 12.1. The molecule has 1 unspecified atom stereocenters. The molecule has 1 atom stereocenters. The summed E-state index contributed by atoms with van der Waals surface area (Å²) >= 11 is 13.0. The Morgan fingerprint density at radius 1 is 1.05 bits per heavy atom. The van der Waals surface area contributed by atoms with E-state index in [1.54, 1.807) is 38.5 Å². The number of aliphatic hydroxyl groups excluding tert-OH is 1. The smallest absolute Gasteiger partial charge is 0.142 e. The van der Waals surface area contributed by atoms with Crippen molar-refractivity contribution in [2.45, 2.75) is 6.10 Å². The van der Waals surface area contributed by atoms with Gasteiger partial charge in [0.15, 0.2) is 0 Å². The highest BCUT2D eigenvalue weighted by molar-refractivity contribution is 9.11. The summed E-state index contributed by atoms with van der Waals surface area (Å²) in [6.07, 6.45) is -0.900. The van der Waals surface area contributed by atoms with E-state index >= 15 is 0 Å². The fourth-order valence-electron chi connectivity index (χ4n) is 2.02. The van der Waals surface area contributed by atoms with Gasteiger partial charge in [-0.15, -0.1) is 0 Å². The molecular formula is C15H13Br2ClO3. The van der Waals surface area contributed by atoms with Crippen LogP contribution in [0.2, 0.25) is 5.02 Å². The van der Waals surface area contributed by atoms with E-state index in [0.29, 0.717) is 32.1 Å². The summed E-state index contributed by atoms with van der Waals surface area (Å²) in [6, 6.07) is 8.86. The molecule has 0 aliphatic carbocycles. The Labute approximate surface area is 145 Å². The fourth-order valence-corrected chi connectivity index (χ4v) is 3.49. The van der Waals surface area contributed by atoms with Gasteiger partial charge in [0.25, 0.3) is 0 Å². The van der Waals surface area contributed by atoms with Crippen molar-refractivity contribution in [2.24, 2.45) is 0 Å². The largest absolute Gasteiger partial charge is 0.495 e. The highest BCUT2D eigenvalue weighted by atomic mass is 79.9. The second-order valence-corrected chi connectivity index (χ2v) is 6.39. The van der Waals surface area contributed by atoms with E-state index in [0.717, 1.165) is 4.47 Å². The lowest BCUT2D eigenvalue weighted by Crippen LogP contribution is -2.04. The van der Waals surface area contributed by atoms with Crippen LogP contribution in [0.5, 0.6) is 11.5 Å². The molecule has 0 aliphatic heterocycles. The lowest BCUT2D eigenvalue weighted by molar-refractivity contribution is 0.214. The number of benzene rings is 2. The van der Waals surface area contributed by atoms with Crippen LogP contribution in [-0.4, -0.2) is 19.3 Å². The minimum Gasteiger partial charge on any atom is -0.495 e. The molecule has 6 heteroatoms. The van der Waals surface area contributed by atoms with E-state index < -0.39 is 6.10 Å². The first kappa shape index (κ1) is 16.6. The first-order valence-corrected chi connectivity index (χ1v) is 7.99. The molecule has 0 fully saturated rings. The molecule has 0 saturated heterocycles. The zero-order valence-electron chi connectivity index (χ0n) is 11.4. The van der Waals surface area contributed by atoms with Gasteiger partial charge in [0, 0.05) is 20.6 Å². The summed E-state index contributed by atoms with van der Waals surface area (Å²) in [5.41, 5.74) is 1.21. The van der Waals surface area contributed by atoms with Crippen molar-refractivity contribution in [3.8, 4) is 11.5 Å². The van der Waals surface area contributed by atoms with Crippen LogP contribution in [0, 0.1) is 0 Å². The quantitative estimate of drug-likeness (QED) is 0.736. The SMILES string of the molecule is COc1ccc(C(O)c2ccc(Br)cc2Cl)c(OC)c1Br. The third-order valence-corrected chi connectivity index (χ3v) is 4.64. The molecule has 1 N–H and O–H groups in total. The molecule has 0 bridgehead atoms. The predicted octanol–water partition coefficient (Wildman–Crippen LogP) is 4.96. The number of ether oxygens (including phenoxy) is 2. The maximum Gasteiger partial charge on any atom is 0.142 e. The zero-order chi connectivity index (χ0) is 15.6. The maximum atomic E-state index is 10.6. The minimum atomic E-state index is -0.900. The van der Waals surface area contributed by atoms with Gasteiger partial charge < -0.3 is 14.6 Å². The van der Waals surface area contributed by atoms with E-state index in [9.17, 15) is 5.11 Å². The van der Waals surface area contributed by atoms with Crippen molar-refractivity contribution in [1.29, 1.82) is 0 Å².